The fourth-order valence-corrected chi connectivity index (χ4v) is 1.72. The Morgan fingerprint density at radius 2 is 1.82 bits per heavy atom. The van der Waals surface area contributed by atoms with Crippen molar-refractivity contribution >= 4 is 24.1 Å². The predicted octanol–water partition coefficient (Wildman–Crippen LogP) is 2.55. The highest BCUT2D eigenvalue weighted by atomic mass is 32.1. The Bertz CT molecular complexity index is 611. The Kier molecular flexibility index (Phi) is 3.10. The molecule has 4 nitrogen and oxygen atoms in total. The number of para-hydroxylation sites is 1. The molecule has 88 valence electrons. The van der Waals surface area contributed by atoms with Crippen molar-refractivity contribution in [3.63, 3.8) is 0 Å². The van der Waals surface area contributed by atoms with Gasteiger partial charge in [-0.25, -0.2) is 0 Å². The Hall–Kier alpha value is -1.88. The van der Waals surface area contributed by atoms with E-state index in [-0.39, 0.29) is 5.88 Å². The van der Waals surface area contributed by atoms with Crippen LogP contribution in [0.25, 0.3) is 0 Å². The monoisotopic (exact) mass is 247 g/mol. The van der Waals surface area contributed by atoms with Crippen molar-refractivity contribution in [1.82, 2.24) is 9.13 Å². The van der Waals surface area contributed by atoms with Gasteiger partial charge in [0, 0.05) is 14.1 Å². The van der Waals surface area contributed by atoms with Gasteiger partial charge in [-0.1, -0.05) is 18.2 Å². The van der Waals surface area contributed by atoms with Gasteiger partial charge in [0.1, 0.15) is 5.69 Å². The average Bonchev–Trinajstić information content (AvgIpc) is 2.54. The van der Waals surface area contributed by atoms with Crippen molar-refractivity contribution in [2.45, 2.75) is 0 Å². The van der Waals surface area contributed by atoms with Gasteiger partial charge in [0.15, 0.2) is 4.77 Å². The van der Waals surface area contributed by atoms with Crippen LogP contribution < -0.4 is 0 Å². The third kappa shape index (κ3) is 2.14. The van der Waals surface area contributed by atoms with E-state index >= 15 is 0 Å². The topological polar surface area (TPSA) is 42.4 Å². The zero-order valence-electron chi connectivity index (χ0n) is 9.66. The van der Waals surface area contributed by atoms with E-state index < -0.39 is 0 Å². The van der Waals surface area contributed by atoms with Crippen LogP contribution in [0.1, 0.15) is 5.69 Å². The number of benzene rings is 1. The van der Waals surface area contributed by atoms with Crippen LogP contribution in [0, 0.1) is 4.77 Å². The van der Waals surface area contributed by atoms with Gasteiger partial charge in [0.2, 0.25) is 5.88 Å². The molecule has 17 heavy (non-hydrogen) atoms. The molecular formula is C12H13N3OS. The van der Waals surface area contributed by atoms with Gasteiger partial charge in [-0.15, -0.1) is 0 Å². The Morgan fingerprint density at radius 1 is 1.18 bits per heavy atom. The third-order valence-corrected chi connectivity index (χ3v) is 3.12. The first-order chi connectivity index (χ1) is 8.11. The molecule has 1 aromatic carbocycles. The van der Waals surface area contributed by atoms with Crippen molar-refractivity contribution in [3.8, 4) is 5.88 Å². The summed E-state index contributed by atoms with van der Waals surface area (Å²) in [4.78, 5) is 4.29. The number of aromatic hydroxyl groups is 1. The number of aromatic nitrogens is 2. The van der Waals surface area contributed by atoms with Crippen molar-refractivity contribution < 1.29 is 5.11 Å². The van der Waals surface area contributed by atoms with Crippen LogP contribution in [0.15, 0.2) is 35.3 Å². The number of rotatable bonds is 2. The SMILES string of the molecule is Cn1c(O)c(C=Nc2ccccc2)n(C)c1=S. The van der Waals surface area contributed by atoms with Gasteiger partial charge in [0.05, 0.1) is 11.9 Å². The normalized spacial score (nSPS) is 11.2. The smallest absolute Gasteiger partial charge is 0.219 e. The molecule has 2 rings (SSSR count). The van der Waals surface area contributed by atoms with E-state index in [0.717, 1.165) is 5.69 Å². The molecule has 0 aliphatic carbocycles. The third-order valence-electron chi connectivity index (χ3n) is 2.57. The average molecular weight is 247 g/mol. The summed E-state index contributed by atoms with van der Waals surface area (Å²) in [6.07, 6.45) is 1.61. The van der Waals surface area contributed by atoms with Gasteiger partial charge >= 0.3 is 0 Å². The second-order valence-electron chi connectivity index (χ2n) is 3.70. The summed E-state index contributed by atoms with van der Waals surface area (Å²) in [5.41, 5.74) is 1.43. The molecule has 0 aliphatic heterocycles. The van der Waals surface area contributed by atoms with Gasteiger partial charge in [0.25, 0.3) is 0 Å². The molecule has 1 N–H and O–H groups in total. The molecule has 0 unspecified atom stereocenters. The minimum atomic E-state index is 0.122. The minimum absolute atomic E-state index is 0.122. The first kappa shape index (κ1) is 11.6. The first-order valence-corrected chi connectivity index (χ1v) is 5.56. The highest BCUT2D eigenvalue weighted by molar-refractivity contribution is 7.71. The van der Waals surface area contributed by atoms with Crippen molar-refractivity contribution in [2.75, 3.05) is 0 Å². The zero-order chi connectivity index (χ0) is 12.4. The summed E-state index contributed by atoms with van der Waals surface area (Å²) < 4.78 is 3.82. The van der Waals surface area contributed by atoms with E-state index in [4.69, 9.17) is 12.2 Å². The largest absolute Gasteiger partial charge is 0.493 e. The molecule has 0 bridgehead atoms. The second-order valence-corrected chi connectivity index (χ2v) is 4.07. The second kappa shape index (κ2) is 4.55. The molecule has 0 aliphatic rings. The number of nitrogens with zero attached hydrogens (tertiary/aromatic N) is 3. The van der Waals surface area contributed by atoms with Crippen molar-refractivity contribution in [3.05, 3.63) is 40.8 Å². The summed E-state index contributed by atoms with van der Waals surface area (Å²) in [6, 6.07) is 9.54. The molecule has 0 radical (unpaired) electrons. The van der Waals surface area contributed by atoms with Crippen LogP contribution >= 0.6 is 12.2 Å². The zero-order valence-corrected chi connectivity index (χ0v) is 10.5. The fraction of sp³-hybridized carbons (Fsp3) is 0.167. The van der Waals surface area contributed by atoms with Gasteiger partial charge in [-0.2, -0.15) is 0 Å². The Balaban J connectivity index is 2.41. The lowest BCUT2D eigenvalue weighted by Crippen LogP contribution is -1.94. The van der Waals surface area contributed by atoms with Gasteiger partial charge in [-0.05, 0) is 24.4 Å². The maximum Gasteiger partial charge on any atom is 0.219 e. The molecular weight excluding hydrogens is 234 g/mol. The number of hydrogen-bond acceptors (Lipinski definition) is 3. The summed E-state index contributed by atoms with van der Waals surface area (Å²) in [5.74, 6) is 0.122. The summed E-state index contributed by atoms with van der Waals surface area (Å²) in [5, 5.41) is 9.86. The van der Waals surface area contributed by atoms with E-state index in [1.807, 2.05) is 30.3 Å². The predicted molar refractivity (Wildman–Crippen MR) is 70.6 cm³/mol. The van der Waals surface area contributed by atoms with E-state index in [1.54, 1.807) is 29.4 Å². The van der Waals surface area contributed by atoms with E-state index in [1.165, 1.54) is 0 Å². The molecule has 5 heteroatoms. The standard InChI is InChI=1S/C12H13N3OS/c1-14-10(11(16)15(2)12(14)17)8-13-9-6-4-3-5-7-9/h3-8,16H,1-2H3. The van der Waals surface area contributed by atoms with Gasteiger partial charge < -0.3 is 9.67 Å². The lowest BCUT2D eigenvalue weighted by molar-refractivity contribution is 0.430. The van der Waals surface area contributed by atoms with Crippen molar-refractivity contribution in [1.29, 1.82) is 0 Å². The molecule has 2 aromatic rings. The molecule has 0 spiro atoms. The maximum absolute atomic E-state index is 9.86. The van der Waals surface area contributed by atoms with E-state index in [0.29, 0.717) is 10.5 Å². The highest BCUT2D eigenvalue weighted by Crippen LogP contribution is 2.17. The minimum Gasteiger partial charge on any atom is -0.493 e. The number of imidazole rings is 1. The molecule has 0 amide bonds. The summed E-state index contributed by atoms with van der Waals surface area (Å²) >= 11 is 5.14. The van der Waals surface area contributed by atoms with Gasteiger partial charge in [-0.3, -0.25) is 9.56 Å². The van der Waals surface area contributed by atoms with Crippen LogP contribution in [0.3, 0.4) is 0 Å². The van der Waals surface area contributed by atoms with Crippen LogP contribution in [0.4, 0.5) is 5.69 Å². The molecule has 0 saturated heterocycles. The molecule has 0 atom stereocenters. The Morgan fingerprint density at radius 3 is 2.35 bits per heavy atom. The fourth-order valence-electron chi connectivity index (χ4n) is 1.53. The lowest BCUT2D eigenvalue weighted by Gasteiger charge is -1.96. The lowest BCUT2D eigenvalue weighted by atomic mass is 10.3. The van der Waals surface area contributed by atoms with E-state index in [2.05, 4.69) is 4.99 Å². The molecule has 1 aromatic heterocycles. The molecule has 1 heterocycles. The summed E-state index contributed by atoms with van der Waals surface area (Å²) in [7, 11) is 3.52. The van der Waals surface area contributed by atoms with Crippen LogP contribution in [-0.4, -0.2) is 20.5 Å². The van der Waals surface area contributed by atoms with Crippen molar-refractivity contribution in [2.24, 2.45) is 19.1 Å². The number of hydrogen-bond donors (Lipinski definition) is 1. The molecule has 0 saturated carbocycles. The quantitative estimate of drug-likeness (QED) is 0.654. The van der Waals surface area contributed by atoms with E-state index in [9.17, 15) is 5.11 Å². The highest BCUT2D eigenvalue weighted by Gasteiger charge is 2.09. The summed E-state index contributed by atoms with van der Waals surface area (Å²) in [6.45, 7) is 0. The number of aliphatic imine (C=N–C) groups is 1. The maximum atomic E-state index is 9.86. The van der Waals surface area contributed by atoms with Crippen LogP contribution in [-0.2, 0) is 14.1 Å². The Labute approximate surface area is 104 Å². The molecule has 0 fully saturated rings. The van der Waals surface area contributed by atoms with Crippen LogP contribution in [0.5, 0.6) is 5.88 Å². The first-order valence-electron chi connectivity index (χ1n) is 5.15. The van der Waals surface area contributed by atoms with Crippen LogP contribution in [0.2, 0.25) is 0 Å².